The van der Waals surface area contributed by atoms with Crippen LogP contribution in [-0.2, 0) is 22.3 Å². The third-order valence-electron chi connectivity index (χ3n) is 7.77. The van der Waals surface area contributed by atoms with Gasteiger partial charge in [-0.2, -0.15) is 0 Å². The molecule has 0 atom stereocenters. The summed E-state index contributed by atoms with van der Waals surface area (Å²) in [5.74, 6) is -0.595. The number of nitrogens with zero attached hydrogens (tertiary/aromatic N) is 1. The zero-order valence-electron chi connectivity index (χ0n) is 25.5. The molecule has 0 amide bonds. The zero-order chi connectivity index (χ0) is 29.3. The molecule has 0 aliphatic carbocycles. The highest BCUT2D eigenvalue weighted by atomic mass is 16.5. The lowest BCUT2D eigenvalue weighted by molar-refractivity contribution is -0.00768. The van der Waals surface area contributed by atoms with Gasteiger partial charge < -0.3 is 20.1 Å². The highest BCUT2D eigenvalue weighted by Gasteiger charge is 2.40. The zero-order valence-corrected chi connectivity index (χ0v) is 25.5. The number of nitrogens with one attached hydrogen (secondary N) is 2. The normalized spacial score (nSPS) is 21.9. The number of hydrogen-bond donors (Lipinski definition) is 2. The van der Waals surface area contributed by atoms with Crippen LogP contribution in [0.5, 0.6) is 0 Å². The Hall–Kier alpha value is -2.77. The van der Waals surface area contributed by atoms with Gasteiger partial charge in [0.1, 0.15) is 12.2 Å². The molecular weight excluding hydrogens is 502 g/mol. The van der Waals surface area contributed by atoms with E-state index in [0.29, 0.717) is 11.1 Å². The molecule has 7 heteroatoms. The van der Waals surface area contributed by atoms with Crippen LogP contribution in [0.15, 0.2) is 42.6 Å². The van der Waals surface area contributed by atoms with Crippen molar-refractivity contribution in [3.8, 4) is 0 Å². The lowest BCUT2D eigenvalue weighted by atomic mass is 9.81. The quantitative estimate of drug-likeness (QED) is 0.422. The molecule has 0 unspecified atom stereocenters. The fourth-order valence-electron chi connectivity index (χ4n) is 6.84. The fraction of sp³-hybridized carbons (Fsp3) is 0.606. The Balaban J connectivity index is 1.27. The van der Waals surface area contributed by atoms with Crippen molar-refractivity contribution in [1.82, 2.24) is 15.6 Å². The second kappa shape index (κ2) is 11.2. The molecule has 0 radical (unpaired) electrons. The van der Waals surface area contributed by atoms with Crippen LogP contribution in [0.4, 0.5) is 0 Å². The van der Waals surface area contributed by atoms with Crippen molar-refractivity contribution in [3.63, 3.8) is 0 Å². The Morgan fingerprint density at radius 2 is 1.10 bits per heavy atom. The van der Waals surface area contributed by atoms with E-state index < -0.39 is 0 Å². The summed E-state index contributed by atoms with van der Waals surface area (Å²) in [5.41, 5.74) is 2.72. The minimum Gasteiger partial charge on any atom is -0.459 e. The molecule has 7 nitrogen and oxygen atoms in total. The van der Waals surface area contributed by atoms with Gasteiger partial charge in [0.15, 0.2) is 0 Å². The number of pyridine rings is 1. The Bertz CT molecular complexity index is 1070. The van der Waals surface area contributed by atoms with Gasteiger partial charge in [-0.3, -0.25) is 4.98 Å². The summed E-state index contributed by atoms with van der Waals surface area (Å²) in [6.07, 6.45) is 6.02. The van der Waals surface area contributed by atoms with E-state index in [2.05, 4.69) is 71.0 Å². The number of aromatic nitrogens is 1. The number of hydrogen-bond acceptors (Lipinski definition) is 7. The summed E-state index contributed by atoms with van der Waals surface area (Å²) in [5, 5.41) is 7.23. The number of esters is 2. The molecule has 2 aliphatic rings. The maximum atomic E-state index is 12.8. The van der Waals surface area contributed by atoms with Gasteiger partial charge in [0.25, 0.3) is 0 Å². The SMILES string of the molecule is CC1(C)CC(OC(=O)c2ccc(CCc3ccc(C(=O)OC4CC(C)(C)NC(C)(C)C4)cn3)cc2)CC(C)(C)N1. The average Bonchev–Trinajstić information content (AvgIpc) is 2.79. The average molecular weight is 550 g/mol. The highest BCUT2D eigenvalue weighted by molar-refractivity contribution is 5.89. The van der Waals surface area contributed by atoms with Crippen molar-refractivity contribution < 1.29 is 19.1 Å². The number of benzene rings is 1. The molecule has 1 aromatic heterocycles. The smallest absolute Gasteiger partial charge is 0.339 e. The van der Waals surface area contributed by atoms with Crippen molar-refractivity contribution in [2.24, 2.45) is 0 Å². The first kappa shape index (κ1) is 30.2. The van der Waals surface area contributed by atoms with Crippen LogP contribution >= 0.6 is 0 Å². The molecule has 0 spiro atoms. The summed E-state index contributed by atoms with van der Waals surface area (Å²) in [4.78, 5) is 30.1. The van der Waals surface area contributed by atoms with E-state index in [1.54, 1.807) is 12.3 Å². The minimum atomic E-state index is -0.323. The van der Waals surface area contributed by atoms with Crippen LogP contribution in [0.1, 0.15) is 113 Å². The number of carbonyl (C=O) groups excluding carboxylic acids is 2. The maximum absolute atomic E-state index is 12.8. The van der Waals surface area contributed by atoms with Gasteiger partial charge in [-0.15, -0.1) is 0 Å². The first-order chi connectivity index (χ1) is 18.5. The molecule has 4 rings (SSSR count). The maximum Gasteiger partial charge on any atom is 0.339 e. The lowest BCUT2D eigenvalue weighted by Crippen LogP contribution is -2.59. The van der Waals surface area contributed by atoms with Crippen molar-refractivity contribution in [2.45, 2.75) is 128 Å². The van der Waals surface area contributed by atoms with Crippen molar-refractivity contribution >= 4 is 11.9 Å². The Morgan fingerprint density at radius 1 is 0.675 bits per heavy atom. The summed E-state index contributed by atoms with van der Waals surface area (Å²) < 4.78 is 11.7. The third-order valence-corrected chi connectivity index (χ3v) is 7.77. The number of rotatable bonds is 7. The van der Waals surface area contributed by atoms with E-state index in [1.165, 1.54) is 0 Å². The van der Waals surface area contributed by atoms with Crippen LogP contribution < -0.4 is 10.6 Å². The van der Waals surface area contributed by atoms with Gasteiger partial charge in [-0.1, -0.05) is 12.1 Å². The van der Waals surface area contributed by atoms with E-state index in [-0.39, 0.29) is 46.3 Å². The van der Waals surface area contributed by atoms with Gasteiger partial charge in [0, 0.05) is 59.7 Å². The summed E-state index contributed by atoms with van der Waals surface area (Å²) in [6, 6.07) is 11.3. The number of aryl methyl sites for hydroxylation is 2. The van der Waals surface area contributed by atoms with Crippen LogP contribution in [0.3, 0.4) is 0 Å². The largest absolute Gasteiger partial charge is 0.459 e. The van der Waals surface area contributed by atoms with Crippen LogP contribution in [0.2, 0.25) is 0 Å². The van der Waals surface area contributed by atoms with Crippen LogP contribution in [0.25, 0.3) is 0 Å². The van der Waals surface area contributed by atoms with Crippen molar-refractivity contribution in [2.75, 3.05) is 0 Å². The molecular formula is C33H47N3O4. The first-order valence-corrected chi connectivity index (χ1v) is 14.5. The second-order valence-electron chi connectivity index (χ2n) is 14.4. The molecule has 40 heavy (non-hydrogen) atoms. The van der Waals surface area contributed by atoms with E-state index in [1.807, 2.05) is 30.3 Å². The number of carbonyl (C=O) groups is 2. The molecule has 0 saturated carbocycles. The fourth-order valence-corrected chi connectivity index (χ4v) is 6.84. The molecule has 2 aliphatic heterocycles. The topological polar surface area (TPSA) is 89.6 Å². The van der Waals surface area contributed by atoms with Gasteiger partial charge >= 0.3 is 11.9 Å². The Labute approximate surface area is 239 Å². The number of ether oxygens (including phenoxy) is 2. The van der Waals surface area contributed by atoms with Gasteiger partial charge in [0.05, 0.1) is 11.1 Å². The monoisotopic (exact) mass is 549 g/mol. The third kappa shape index (κ3) is 8.37. The molecule has 0 bridgehead atoms. The lowest BCUT2D eigenvalue weighted by Gasteiger charge is -2.45. The summed E-state index contributed by atoms with van der Waals surface area (Å²) >= 11 is 0. The van der Waals surface area contributed by atoms with E-state index in [4.69, 9.17) is 9.47 Å². The minimum absolute atomic E-state index is 0.0788. The molecule has 2 aromatic rings. The molecule has 2 N–H and O–H groups in total. The summed E-state index contributed by atoms with van der Waals surface area (Å²) in [7, 11) is 0. The molecule has 2 fully saturated rings. The predicted octanol–water partition coefficient (Wildman–Crippen LogP) is 5.80. The van der Waals surface area contributed by atoms with Crippen molar-refractivity contribution in [3.05, 3.63) is 65.0 Å². The first-order valence-electron chi connectivity index (χ1n) is 14.5. The standard InChI is InChI=1S/C33H47N3O4/c1-30(2)17-26(18-31(3,4)35-30)39-28(37)23-12-9-22(10-13-23)11-15-25-16-14-24(21-34-25)29(38)40-27-19-32(5,6)36-33(7,8)20-27/h9-10,12-14,16,21,26-27,35-36H,11,15,17-20H2,1-8H3. The number of piperidine rings is 2. The summed E-state index contributed by atoms with van der Waals surface area (Å²) in [6.45, 7) is 17.1. The van der Waals surface area contributed by atoms with Gasteiger partial charge in [0.2, 0.25) is 0 Å². The van der Waals surface area contributed by atoms with Crippen LogP contribution in [0, 0.1) is 0 Å². The molecule has 218 valence electrons. The molecule has 3 heterocycles. The highest BCUT2D eigenvalue weighted by Crippen LogP contribution is 2.32. The van der Waals surface area contributed by atoms with E-state index in [9.17, 15) is 9.59 Å². The van der Waals surface area contributed by atoms with E-state index >= 15 is 0 Å². The van der Waals surface area contributed by atoms with E-state index in [0.717, 1.165) is 49.8 Å². The van der Waals surface area contributed by atoms with Crippen molar-refractivity contribution in [1.29, 1.82) is 0 Å². The second-order valence-corrected chi connectivity index (χ2v) is 14.4. The molecule has 2 saturated heterocycles. The van der Waals surface area contributed by atoms with Crippen LogP contribution in [-0.4, -0.2) is 51.3 Å². The Morgan fingerprint density at radius 3 is 1.52 bits per heavy atom. The predicted molar refractivity (Wildman–Crippen MR) is 158 cm³/mol. The van der Waals surface area contributed by atoms with Gasteiger partial charge in [-0.05, 0) is 98.1 Å². The Kier molecular flexibility index (Phi) is 8.49. The molecule has 1 aromatic carbocycles. The van der Waals surface area contributed by atoms with Gasteiger partial charge in [-0.25, -0.2) is 9.59 Å².